The number of rotatable bonds is 3. The zero-order valence-electron chi connectivity index (χ0n) is 15.2. The molecule has 1 atom stereocenters. The van der Waals surface area contributed by atoms with Gasteiger partial charge in [0.2, 0.25) is 11.1 Å². The highest BCUT2D eigenvalue weighted by Crippen LogP contribution is 2.38. The van der Waals surface area contributed by atoms with E-state index in [0.29, 0.717) is 16.4 Å². The maximum absolute atomic E-state index is 13.0. The fourth-order valence-electron chi connectivity index (χ4n) is 3.36. The van der Waals surface area contributed by atoms with Crippen LogP contribution in [0.1, 0.15) is 29.8 Å². The summed E-state index contributed by atoms with van der Waals surface area (Å²) in [5, 5.41) is 5.25. The number of nitrogens with one attached hydrogen (secondary N) is 1. The van der Waals surface area contributed by atoms with Crippen molar-refractivity contribution in [3.8, 4) is 11.3 Å². The van der Waals surface area contributed by atoms with Gasteiger partial charge in [-0.25, -0.2) is 4.90 Å². The highest BCUT2D eigenvalue weighted by molar-refractivity contribution is 7.99. The number of nitrogens with zero attached hydrogens (tertiary/aromatic N) is 3. The van der Waals surface area contributed by atoms with Gasteiger partial charge in [0.15, 0.2) is 0 Å². The van der Waals surface area contributed by atoms with E-state index in [-0.39, 0.29) is 11.5 Å². The molecule has 0 aliphatic carbocycles. The first-order chi connectivity index (χ1) is 13.0. The minimum absolute atomic E-state index is 0.0940. The van der Waals surface area contributed by atoms with Gasteiger partial charge in [-0.15, -0.1) is 11.3 Å². The number of hydrogen-bond acceptors (Lipinski definition) is 5. The average molecular weight is 400 g/mol. The zero-order valence-corrected chi connectivity index (χ0v) is 16.9. The normalized spacial score (nSPS) is 15.4. The highest BCUT2D eigenvalue weighted by atomic mass is 32.2. The lowest BCUT2D eigenvalue weighted by Gasteiger charge is -2.30. The number of carbonyl (C=O) groups is 1. The second-order valence-electron chi connectivity index (χ2n) is 6.21. The molecule has 0 bridgehead atoms. The molecule has 138 valence electrons. The van der Waals surface area contributed by atoms with Gasteiger partial charge >= 0.3 is 17.4 Å². The predicted molar refractivity (Wildman–Crippen MR) is 107 cm³/mol. The number of carbonyl (C=O) groups excluding carboxylic acids is 1. The first-order valence-electron chi connectivity index (χ1n) is 8.65. The van der Waals surface area contributed by atoms with Gasteiger partial charge < -0.3 is 0 Å². The van der Waals surface area contributed by atoms with E-state index in [1.54, 1.807) is 27.8 Å². The molecule has 1 aliphatic heterocycles. The molecule has 27 heavy (non-hydrogen) atoms. The van der Waals surface area contributed by atoms with Crippen molar-refractivity contribution in [2.24, 2.45) is 0 Å². The number of aromatic nitrogens is 3. The molecule has 0 fully saturated rings. The summed E-state index contributed by atoms with van der Waals surface area (Å²) in [5.41, 5.74) is 1.71. The van der Waals surface area contributed by atoms with E-state index < -0.39 is 6.17 Å². The van der Waals surface area contributed by atoms with Crippen LogP contribution in [0.15, 0.2) is 46.3 Å². The fraction of sp³-hybridized carbons (Fsp3) is 0.263. The summed E-state index contributed by atoms with van der Waals surface area (Å²) < 4.78 is 1.70. The van der Waals surface area contributed by atoms with Crippen LogP contribution in [0.3, 0.4) is 0 Å². The van der Waals surface area contributed by atoms with Gasteiger partial charge in [0.25, 0.3) is 0 Å². The lowest BCUT2D eigenvalue weighted by Crippen LogP contribution is -2.60. The number of thiophene rings is 1. The van der Waals surface area contributed by atoms with Crippen molar-refractivity contribution >= 4 is 34.7 Å². The summed E-state index contributed by atoms with van der Waals surface area (Å²) in [6, 6.07) is 11.5. The van der Waals surface area contributed by atoms with Crippen molar-refractivity contribution < 1.29 is 9.48 Å². The number of hydrogen-bond donors (Lipinski definition) is 1. The molecule has 0 unspecified atom stereocenters. The van der Waals surface area contributed by atoms with E-state index in [1.807, 2.05) is 50.2 Å². The van der Waals surface area contributed by atoms with Crippen LogP contribution < -0.4 is 15.1 Å². The van der Waals surface area contributed by atoms with Gasteiger partial charge in [0, 0.05) is 16.9 Å². The number of para-hydroxylation sites is 1. The smallest absolute Gasteiger partial charge is 0.291 e. The summed E-state index contributed by atoms with van der Waals surface area (Å²) in [5.74, 6) is 0.696. The van der Waals surface area contributed by atoms with Gasteiger partial charge in [-0.1, -0.05) is 30.8 Å². The number of aromatic amines is 1. The molecule has 1 N–H and O–H groups in total. The molecule has 1 aromatic carbocycles. The molecule has 3 aromatic rings. The maximum Gasteiger partial charge on any atom is 0.325 e. The topological polar surface area (TPSA) is 69.9 Å². The number of H-pyrrole nitrogens is 1. The minimum atomic E-state index is -0.482. The van der Waals surface area contributed by atoms with Crippen LogP contribution in [0.25, 0.3) is 11.3 Å². The Bertz CT molecular complexity index is 1090. The van der Waals surface area contributed by atoms with Gasteiger partial charge in [0.05, 0.1) is 16.1 Å². The first kappa shape index (κ1) is 17.9. The monoisotopic (exact) mass is 399 g/mol. The Morgan fingerprint density at radius 2 is 2.11 bits per heavy atom. The quantitative estimate of drug-likeness (QED) is 0.543. The van der Waals surface area contributed by atoms with E-state index in [0.717, 1.165) is 21.2 Å². The highest BCUT2D eigenvalue weighted by Gasteiger charge is 2.45. The van der Waals surface area contributed by atoms with Gasteiger partial charge in [-0.3, -0.25) is 14.6 Å². The molecule has 0 saturated heterocycles. The summed E-state index contributed by atoms with van der Waals surface area (Å²) in [6.07, 6.45) is -0.482. The van der Waals surface area contributed by atoms with E-state index in [4.69, 9.17) is 5.10 Å². The Kier molecular flexibility index (Phi) is 4.61. The Labute approximate surface area is 164 Å². The second kappa shape index (κ2) is 6.94. The van der Waals surface area contributed by atoms with Gasteiger partial charge in [-0.05, 0) is 41.6 Å². The SMILES string of the molecule is CCSc1n[n+]2c(c(=O)[nH]1)-c1ccccc1N(C(C)=O)[C@H]2c1ccc(C)s1. The molecule has 0 spiro atoms. The van der Waals surface area contributed by atoms with Crippen molar-refractivity contribution in [1.29, 1.82) is 0 Å². The third-order valence-corrected chi connectivity index (χ3v) is 6.18. The van der Waals surface area contributed by atoms with E-state index in [1.165, 1.54) is 11.8 Å². The van der Waals surface area contributed by atoms with Crippen molar-refractivity contribution in [3.63, 3.8) is 0 Å². The Morgan fingerprint density at radius 3 is 2.78 bits per heavy atom. The number of amides is 1. The maximum atomic E-state index is 13.0. The average Bonchev–Trinajstić information content (AvgIpc) is 3.06. The van der Waals surface area contributed by atoms with E-state index in [2.05, 4.69) is 4.98 Å². The molecule has 2 aromatic heterocycles. The predicted octanol–water partition coefficient (Wildman–Crippen LogP) is 3.12. The van der Waals surface area contributed by atoms with Crippen LogP contribution in [-0.4, -0.2) is 21.7 Å². The fourth-order valence-corrected chi connectivity index (χ4v) is 4.90. The molecular weight excluding hydrogens is 380 g/mol. The summed E-state index contributed by atoms with van der Waals surface area (Å²) in [4.78, 5) is 32.3. The minimum Gasteiger partial charge on any atom is -0.291 e. The number of fused-ring (bicyclic) bond motifs is 3. The third-order valence-electron chi connectivity index (χ3n) is 4.39. The molecule has 1 aliphatic rings. The summed E-state index contributed by atoms with van der Waals surface area (Å²) in [7, 11) is 0. The van der Waals surface area contributed by atoms with Crippen LogP contribution >= 0.6 is 23.1 Å². The molecule has 0 radical (unpaired) electrons. The van der Waals surface area contributed by atoms with E-state index in [9.17, 15) is 9.59 Å². The molecule has 0 saturated carbocycles. The van der Waals surface area contributed by atoms with Crippen LogP contribution in [0, 0.1) is 6.92 Å². The van der Waals surface area contributed by atoms with E-state index >= 15 is 0 Å². The lowest BCUT2D eigenvalue weighted by molar-refractivity contribution is -0.762. The van der Waals surface area contributed by atoms with Crippen LogP contribution in [0.5, 0.6) is 0 Å². The van der Waals surface area contributed by atoms with Gasteiger partial charge in [0.1, 0.15) is 0 Å². The largest absolute Gasteiger partial charge is 0.325 e. The summed E-state index contributed by atoms with van der Waals surface area (Å²) >= 11 is 3.07. The third kappa shape index (κ3) is 2.98. The van der Waals surface area contributed by atoms with Gasteiger partial charge in [-0.2, -0.15) is 0 Å². The Balaban J connectivity index is 2.07. The van der Waals surface area contributed by atoms with Crippen LogP contribution in [0.2, 0.25) is 0 Å². The van der Waals surface area contributed by atoms with Crippen LogP contribution in [0.4, 0.5) is 5.69 Å². The number of anilines is 1. The summed E-state index contributed by atoms with van der Waals surface area (Å²) in [6.45, 7) is 5.58. The second-order valence-corrected chi connectivity index (χ2v) is 8.79. The van der Waals surface area contributed by atoms with Crippen molar-refractivity contribution in [1.82, 2.24) is 10.1 Å². The Hall–Kier alpha value is -2.45. The van der Waals surface area contributed by atoms with Crippen molar-refractivity contribution in [3.05, 3.63) is 56.5 Å². The first-order valence-corrected chi connectivity index (χ1v) is 10.5. The molecule has 6 nitrogen and oxygen atoms in total. The molecular formula is C19H19N4O2S2+. The zero-order chi connectivity index (χ0) is 19.1. The standard InChI is InChI=1S/C19H18N4O2S2/c1-4-26-19-20-17(25)16-13-7-5-6-8-14(13)22(12(3)24)18(23(16)21-19)15-10-9-11(2)27-15/h5-10,18H,4H2,1-3H3/p+1/t18-/m1/s1. The molecule has 8 heteroatoms. The molecule has 1 amide bonds. The molecule has 3 heterocycles. The Morgan fingerprint density at radius 1 is 1.33 bits per heavy atom. The number of benzene rings is 1. The van der Waals surface area contributed by atoms with Crippen molar-refractivity contribution in [2.45, 2.75) is 32.1 Å². The van der Waals surface area contributed by atoms with Crippen molar-refractivity contribution in [2.75, 3.05) is 10.7 Å². The molecule has 4 rings (SSSR count). The number of thioether (sulfide) groups is 1. The lowest BCUT2D eigenvalue weighted by atomic mass is 10.0. The number of aryl methyl sites for hydroxylation is 1. The van der Waals surface area contributed by atoms with Crippen LogP contribution in [-0.2, 0) is 4.79 Å².